The Hall–Kier alpha value is -0.0177. The van der Waals surface area contributed by atoms with Crippen LogP contribution in [0.1, 0.15) is 69.9 Å². The Balaban J connectivity index is 0.00000192. The van der Waals surface area contributed by atoms with E-state index in [0.717, 1.165) is 17.7 Å². The Morgan fingerprint density at radius 1 is 0.913 bits per heavy atom. The van der Waals surface area contributed by atoms with Crippen molar-refractivity contribution in [3.63, 3.8) is 0 Å². The molecule has 0 bridgehead atoms. The van der Waals surface area contributed by atoms with E-state index in [-0.39, 0.29) is 28.3 Å². The van der Waals surface area contributed by atoms with E-state index in [1.54, 1.807) is 0 Å². The van der Waals surface area contributed by atoms with Crippen LogP contribution in [0.25, 0.3) is 0 Å². The summed E-state index contributed by atoms with van der Waals surface area (Å²) in [5.74, 6) is 2.65. The first-order valence-electron chi connectivity index (χ1n) is 9.27. The summed E-state index contributed by atoms with van der Waals surface area (Å²) < 4.78 is 0. The third kappa shape index (κ3) is 6.08. The van der Waals surface area contributed by atoms with Crippen LogP contribution >= 0.6 is 7.92 Å². The fourth-order valence-electron chi connectivity index (χ4n) is 4.11. The quantitative estimate of drug-likeness (QED) is 0.402. The molecule has 1 heterocycles. The van der Waals surface area contributed by atoms with E-state index in [2.05, 4.69) is 29.0 Å². The van der Waals surface area contributed by atoms with Crippen molar-refractivity contribution in [2.24, 2.45) is 0 Å². The van der Waals surface area contributed by atoms with E-state index in [1.165, 1.54) is 69.9 Å². The first-order valence-corrected chi connectivity index (χ1v) is 10.8. The van der Waals surface area contributed by atoms with Crippen LogP contribution in [0.3, 0.4) is 0 Å². The van der Waals surface area contributed by atoms with Crippen molar-refractivity contribution in [1.29, 1.82) is 0 Å². The van der Waals surface area contributed by atoms with Gasteiger partial charge in [-0.1, -0.05) is 64.4 Å². The Kier molecular flexibility index (Phi) is 9.04. The molecule has 1 aromatic heterocycles. The van der Waals surface area contributed by atoms with Crippen molar-refractivity contribution in [2.75, 3.05) is 0 Å². The molecule has 1 aromatic rings. The summed E-state index contributed by atoms with van der Waals surface area (Å²) in [6, 6.07) is 6.25. The molecule has 0 spiro atoms. The first-order chi connectivity index (χ1) is 10.9. The monoisotopic (exact) mass is 421 g/mol. The maximum atomic E-state index is 4.46. The second-order valence-electron chi connectivity index (χ2n) is 6.94. The molecule has 0 aliphatic heterocycles. The minimum Gasteiger partial charge on any atom is -0.261 e. The number of rotatable bonds is 5. The summed E-state index contributed by atoms with van der Waals surface area (Å²) in [5, 5.41) is 0. The van der Waals surface area contributed by atoms with Gasteiger partial charge in [0.1, 0.15) is 0 Å². The second-order valence-corrected chi connectivity index (χ2v) is 9.59. The molecule has 0 saturated heterocycles. The second kappa shape index (κ2) is 10.8. The summed E-state index contributed by atoms with van der Waals surface area (Å²) >= 11 is 0. The van der Waals surface area contributed by atoms with Crippen molar-refractivity contribution < 1.29 is 20.4 Å². The van der Waals surface area contributed by atoms with Gasteiger partial charge >= 0.3 is 0 Å². The molecule has 2 saturated carbocycles. The Morgan fingerprint density at radius 2 is 1.52 bits per heavy atom. The van der Waals surface area contributed by atoms with Gasteiger partial charge in [-0.2, -0.15) is 0 Å². The summed E-state index contributed by atoms with van der Waals surface area (Å²) in [6.07, 6.45) is 20.2. The largest absolute Gasteiger partial charge is 0.261 e. The molecule has 3 heteroatoms. The van der Waals surface area contributed by atoms with Gasteiger partial charge in [-0.05, 0) is 49.1 Å². The molecule has 130 valence electrons. The van der Waals surface area contributed by atoms with E-state index < -0.39 is 0 Å². The van der Waals surface area contributed by atoms with Crippen LogP contribution in [-0.4, -0.2) is 16.3 Å². The van der Waals surface area contributed by atoms with Crippen molar-refractivity contribution >= 4 is 7.92 Å². The molecular formula is C20H30NPPd. The summed E-state index contributed by atoms with van der Waals surface area (Å²) in [5.41, 5.74) is 3.25. The molecule has 23 heavy (non-hydrogen) atoms. The molecule has 0 atom stereocenters. The first kappa shape index (κ1) is 19.3. The predicted molar refractivity (Wildman–Crippen MR) is 97.7 cm³/mol. The molecule has 0 unspecified atom stereocenters. The minimum atomic E-state index is 0. The van der Waals surface area contributed by atoms with Crippen LogP contribution in [0.2, 0.25) is 0 Å². The maximum Gasteiger partial charge on any atom is 0.0441 e. The Labute approximate surface area is 157 Å². The molecule has 1 nitrogen and oxygen atoms in total. The molecule has 0 amide bonds. The van der Waals surface area contributed by atoms with E-state index in [0.29, 0.717) is 0 Å². The zero-order valence-electron chi connectivity index (χ0n) is 14.1. The number of aromatic nitrogens is 1. The SMILES string of the molecule is C(=CP(C1CCCCC1)C1CCCCC1)Cc1ccccn1.[Pd]. The fourth-order valence-corrected chi connectivity index (χ4v) is 7.47. The average Bonchev–Trinajstić information content (AvgIpc) is 2.61. The zero-order chi connectivity index (χ0) is 15.0. The Morgan fingerprint density at radius 3 is 2.04 bits per heavy atom. The van der Waals surface area contributed by atoms with Gasteiger partial charge in [0.05, 0.1) is 0 Å². The Bertz CT molecular complexity index is 432. The van der Waals surface area contributed by atoms with Crippen molar-refractivity contribution in [1.82, 2.24) is 4.98 Å². The van der Waals surface area contributed by atoms with Gasteiger partial charge in [0.15, 0.2) is 0 Å². The summed E-state index contributed by atoms with van der Waals surface area (Å²) in [6.45, 7) is 0. The molecule has 2 fully saturated rings. The summed E-state index contributed by atoms with van der Waals surface area (Å²) in [7, 11) is 0.0984. The zero-order valence-corrected chi connectivity index (χ0v) is 16.6. The molecule has 0 aromatic carbocycles. The van der Waals surface area contributed by atoms with Gasteiger partial charge < -0.3 is 0 Å². The van der Waals surface area contributed by atoms with Gasteiger partial charge in [0.25, 0.3) is 0 Å². The van der Waals surface area contributed by atoms with Gasteiger partial charge in [-0.25, -0.2) is 0 Å². The standard InChI is InChI=1S/C20H30NP.Pd/c1-3-12-19(13-4-1)22(20-14-5-2-6-15-20)17-9-11-18-10-7-8-16-21-18;/h7-10,16-17,19-20H,1-6,11-15H2;. The van der Waals surface area contributed by atoms with Crippen molar-refractivity contribution in [3.8, 4) is 0 Å². The van der Waals surface area contributed by atoms with E-state index in [1.807, 2.05) is 12.3 Å². The molecule has 0 radical (unpaired) electrons. The third-order valence-corrected chi connectivity index (χ3v) is 8.60. The number of hydrogen-bond donors (Lipinski definition) is 0. The van der Waals surface area contributed by atoms with Gasteiger partial charge in [-0.3, -0.25) is 4.98 Å². The van der Waals surface area contributed by atoms with Gasteiger partial charge in [0, 0.05) is 38.7 Å². The minimum absolute atomic E-state index is 0. The average molecular weight is 422 g/mol. The number of allylic oxidation sites excluding steroid dienone is 1. The van der Waals surface area contributed by atoms with Crippen LogP contribution in [0.4, 0.5) is 0 Å². The fraction of sp³-hybridized carbons (Fsp3) is 0.650. The topological polar surface area (TPSA) is 12.9 Å². The normalized spacial score (nSPS) is 20.7. The van der Waals surface area contributed by atoms with E-state index in [4.69, 9.17) is 0 Å². The summed E-state index contributed by atoms with van der Waals surface area (Å²) in [4.78, 5) is 4.46. The molecular weight excluding hydrogens is 392 g/mol. The molecule has 0 N–H and O–H groups in total. The van der Waals surface area contributed by atoms with Crippen LogP contribution < -0.4 is 0 Å². The number of nitrogens with zero attached hydrogens (tertiary/aromatic N) is 1. The van der Waals surface area contributed by atoms with E-state index in [9.17, 15) is 0 Å². The molecule has 2 aliphatic carbocycles. The van der Waals surface area contributed by atoms with Crippen molar-refractivity contribution in [3.05, 3.63) is 42.0 Å². The number of hydrogen-bond acceptors (Lipinski definition) is 1. The predicted octanol–water partition coefficient (Wildman–Crippen LogP) is 6.28. The molecule has 3 rings (SSSR count). The van der Waals surface area contributed by atoms with Crippen LogP contribution in [0.15, 0.2) is 36.3 Å². The van der Waals surface area contributed by atoms with E-state index >= 15 is 0 Å². The van der Waals surface area contributed by atoms with Crippen LogP contribution in [-0.2, 0) is 26.8 Å². The smallest absolute Gasteiger partial charge is 0.0441 e. The maximum absolute atomic E-state index is 4.46. The van der Waals surface area contributed by atoms with Crippen LogP contribution in [0.5, 0.6) is 0 Å². The van der Waals surface area contributed by atoms with Crippen molar-refractivity contribution in [2.45, 2.75) is 81.9 Å². The van der Waals surface area contributed by atoms with Gasteiger partial charge in [-0.15, -0.1) is 0 Å². The van der Waals surface area contributed by atoms with Gasteiger partial charge in [0.2, 0.25) is 0 Å². The van der Waals surface area contributed by atoms with Crippen LogP contribution in [0, 0.1) is 0 Å². The third-order valence-electron chi connectivity index (χ3n) is 5.32. The molecule has 2 aliphatic rings. The number of pyridine rings is 1.